The Hall–Kier alpha value is -2.01. The molecule has 2 rings (SSSR count). The summed E-state index contributed by atoms with van der Waals surface area (Å²) in [5.41, 5.74) is 0. The van der Waals surface area contributed by atoms with Gasteiger partial charge in [-0.1, -0.05) is 6.07 Å². The van der Waals surface area contributed by atoms with E-state index < -0.39 is 0 Å². The molecule has 2 aromatic rings. The summed E-state index contributed by atoms with van der Waals surface area (Å²) >= 11 is 1.61. The number of thiophene rings is 1. The smallest absolute Gasteiger partial charge is 0.258 e. The van der Waals surface area contributed by atoms with E-state index in [-0.39, 0.29) is 12.5 Å². The lowest BCUT2D eigenvalue weighted by atomic mass is 10.3. The van der Waals surface area contributed by atoms with Gasteiger partial charge in [0.2, 0.25) is 0 Å². The molecular formula is C14H15NO3S. The molecule has 1 heterocycles. The van der Waals surface area contributed by atoms with Crippen LogP contribution in [0.3, 0.4) is 0 Å². The van der Waals surface area contributed by atoms with Crippen LogP contribution in [-0.4, -0.2) is 19.6 Å². The molecule has 0 aliphatic rings. The van der Waals surface area contributed by atoms with Crippen LogP contribution in [0, 0.1) is 0 Å². The van der Waals surface area contributed by atoms with Crippen LogP contribution in [0.25, 0.3) is 0 Å². The molecule has 0 saturated heterocycles. The van der Waals surface area contributed by atoms with Crippen molar-refractivity contribution in [3.05, 3.63) is 46.7 Å². The highest BCUT2D eigenvalue weighted by molar-refractivity contribution is 7.09. The van der Waals surface area contributed by atoms with Gasteiger partial charge >= 0.3 is 0 Å². The average Bonchev–Trinajstić information content (AvgIpc) is 2.96. The maximum Gasteiger partial charge on any atom is 0.258 e. The SMILES string of the molecule is COc1ccc(OCC(=O)NCc2cccs2)cc1. The molecule has 5 heteroatoms. The second-order valence-electron chi connectivity index (χ2n) is 3.82. The van der Waals surface area contributed by atoms with Gasteiger partial charge in [-0.3, -0.25) is 4.79 Å². The number of ether oxygens (including phenoxy) is 2. The topological polar surface area (TPSA) is 47.6 Å². The Kier molecular flexibility index (Phi) is 4.80. The maximum absolute atomic E-state index is 11.6. The van der Waals surface area contributed by atoms with Crippen LogP contribution in [-0.2, 0) is 11.3 Å². The molecule has 0 radical (unpaired) electrons. The quantitative estimate of drug-likeness (QED) is 0.882. The average molecular weight is 277 g/mol. The Labute approximate surface area is 116 Å². The Bertz CT molecular complexity index is 508. The van der Waals surface area contributed by atoms with Crippen molar-refractivity contribution < 1.29 is 14.3 Å². The lowest BCUT2D eigenvalue weighted by Crippen LogP contribution is -2.28. The van der Waals surface area contributed by atoms with Gasteiger partial charge in [0.15, 0.2) is 6.61 Å². The first-order chi connectivity index (χ1) is 9.28. The zero-order chi connectivity index (χ0) is 13.5. The molecule has 0 bridgehead atoms. The van der Waals surface area contributed by atoms with Crippen LogP contribution in [0.4, 0.5) is 0 Å². The van der Waals surface area contributed by atoms with Gasteiger partial charge in [-0.05, 0) is 35.7 Å². The molecule has 1 N–H and O–H groups in total. The predicted octanol–water partition coefficient (Wildman–Crippen LogP) is 2.45. The van der Waals surface area contributed by atoms with Crippen LogP contribution in [0.5, 0.6) is 11.5 Å². The number of rotatable bonds is 6. The van der Waals surface area contributed by atoms with Crippen LogP contribution < -0.4 is 14.8 Å². The van der Waals surface area contributed by atoms with Crippen molar-refractivity contribution in [1.82, 2.24) is 5.32 Å². The first-order valence-electron chi connectivity index (χ1n) is 5.84. The number of nitrogens with one attached hydrogen (secondary N) is 1. The number of amides is 1. The van der Waals surface area contributed by atoms with Crippen molar-refractivity contribution in [1.29, 1.82) is 0 Å². The second kappa shape index (κ2) is 6.80. The van der Waals surface area contributed by atoms with Crippen molar-refractivity contribution >= 4 is 17.2 Å². The molecule has 19 heavy (non-hydrogen) atoms. The number of methoxy groups -OCH3 is 1. The van der Waals surface area contributed by atoms with E-state index in [1.807, 2.05) is 17.5 Å². The van der Waals surface area contributed by atoms with Crippen molar-refractivity contribution in [3.63, 3.8) is 0 Å². The van der Waals surface area contributed by atoms with Gasteiger partial charge in [-0.15, -0.1) is 11.3 Å². The summed E-state index contributed by atoms with van der Waals surface area (Å²) in [6.07, 6.45) is 0. The van der Waals surface area contributed by atoms with Gasteiger partial charge in [0.25, 0.3) is 5.91 Å². The first-order valence-corrected chi connectivity index (χ1v) is 6.72. The molecule has 4 nitrogen and oxygen atoms in total. The Morgan fingerprint density at radius 2 is 1.95 bits per heavy atom. The van der Waals surface area contributed by atoms with Crippen molar-refractivity contribution in [2.24, 2.45) is 0 Å². The molecule has 0 saturated carbocycles. The lowest BCUT2D eigenvalue weighted by molar-refractivity contribution is -0.123. The molecule has 0 fully saturated rings. The highest BCUT2D eigenvalue weighted by atomic mass is 32.1. The van der Waals surface area contributed by atoms with Crippen LogP contribution >= 0.6 is 11.3 Å². The fraction of sp³-hybridized carbons (Fsp3) is 0.214. The summed E-state index contributed by atoms with van der Waals surface area (Å²) in [6, 6.07) is 11.1. The van der Waals surface area contributed by atoms with Gasteiger partial charge in [0.1, 0.15) is 11.5 Å². The summed E-state index contributed by atoms with van der Waals surface area (Å²) in [5, 5.41) is 4.78. The second-order valence-corrected chi connectivity index (χ2v) is 4.85. The summed E-state index contributed by atoms with van der Waals surface area (Å²) in [4.78, 5) is 12.7. The third-order valence-electron chi connectivity index (χ3n) is 2.47. The van der Waals surface area contributed by atoms with E-state index in [0.29, 0.717) is 12.3 Å². The minimum Gasteiger partial charge on any atom is -0.497 e. The zero-order valence-electron chi connectivity index (χ0n) is 10.6. The number of carbonyl (C=O) groups excluding carboxylic acids is 1. The largest absolute Gasteiger partial charge is 0.497 e. The predicted molar refractivity (Wildman–Crippen MR) is 74.7 cm³/mol. The van der Waals surface area contributed by atoms with E-state index in [4.69, 9.17) is 9.47 Å². The van der Waals surface area contributed by atoms with E-state index in [2.05, 4.69) is 5.32 Å². The van der Waals surface area contributed by atoms with Gasteiger partial charge in [-0.2, -0.15) is 0 Å². The molecule has 0 unspecified atom stereocenters. The summed E-state index contributed by atoms with van der Waals surface area (Å²) in [5.74, 6) is 1.27. The number of benzene rings is 1. The van der Waals surface area contributed by atoms with Gasteiger partial charge in [0, 0.05) is 4.88 Å². The molecule has 0 atom stereocenters. The van der Waals surface area contributed by atoms with Crippen LogP contribution in [0.2, 0.25) is 0 Å². The molecule has 100 valence electrons. The molecular weight excluding hydrogens is 262 g/mol. The Morgan fingerprint density at radius 3 is 2.58 bits per heavy atom. The van der Waals surface area contributed by atoms with E-state index in [1.165, 1.54) is 0 Å². The molecule has 0 aliphatic heterocycles. The molecule has 1 aromatic heterocycles. The normalized spacial score (nSPS) is 9.95. The van der Waals surface area contributed by atoms with Crippen LogP contribution in [0.1, 0.15) is 4.88 Å². The molecule has 0 aliphatic carbocycles. The maximum atomic E-state index is 11.6. The third kappa shape index (κ3) is 4.30. The summed E-state index contributed by atoms with van der Waals surface area (Å²) in [6.45, 7) is 0.556. The highest BCUT2D eigenvalue weighted by Crippen LogP contribution is 2.16. The van der Waals surface area contributed by atoms with Crippen molar-refractivity contribution in [2.45, 2.75) is 6.54 Å². The minimum atomic E-state index is -0.135. The number of hydrogen-bond donors (Lipinski definition) is 1. The van der Waals surface area contributed by atoms with E-state index in [0.717, 1.165) is 10.6 Å². The summed E-state index contributed by atoms with van der Waals surface area (Å²) < 4.78 is 10.4. The summed E-state index contributed by atoms with van der Waals surface area (Å²) in [7, 11) is 1.61. The first kappa shape index (κ1) is 13.4. The molecule has 0 spiro atoms. The van der Waals surface area contributed by atoms with E-state index in [1.54, 1.807) is 42.7 Å². The Balaban J connectivity index is 1.73. The van der Waals surface area contributed by atoms with Crippen LogP contribution in [0.15, 0.2) is 41.8 Å². The standard InChI is InChI=1S/C14H15NO3S/c1-17-11-4-6-12(7-5-11)18-10-14(16)15-9-13-3-2-8-19-13/h2-8H,9-10H2,1H3,(H,15,16). The number of hydrogen-bond acceptors (Lipinski definition) is 4. The number of carbonyl (C=O) groups is 1. The zero-order valence-corrected chi connectivity index (χ0v) is 11.4. The third-order valence-corrected chi connectivity index (χ3v) is 3.35. The fourth-order valence-electron chi connectivity index (χ4n) is 1.47. The van der Waals surface area contributed by atoms with E-state index in [9.17, 15) is 4.79 Å². The lowest BCUT2D eigenvalue weighted by Gasteiger charge is -2.07. The van der Waals surface area contributed by atoms with Gasteiger partial charge in [0.05, 0.1) is 13.7 Å². The Morgan fingerprint density at radius 1 is 1.21 bits per heavy atom. The van der Waals surface area contributed by atoms with Crippen molar-refractivity contribution in [2.75, 3.05) is 13.7 Å². The minimum absolute atomic E-state index is 0.0116. The highest BCUT2D eigenvalue weighted by Gasteiger charge is 2.03. The van der Waals surface area contributed by atoms with E-state index >= 15 is 0 Å². The van der Waals surface area contributed by atoms with Gasteiger partial charge in [-0.25, -0.2) is 0 Å². The fourth-order valence-corrected chi connectivity index (χ4v) is 2.12. The van der Waals surface area contributed by atoms with Crippen molar-refractivity contribution in [3.8, 4) is 11.5 Å². The molecule has 1 aromatic carbocycles. The van der Waals surface area contributed by atoms with Gasteiger partial charge < -0.3 is 14.8 Å². The molecule has 1 amide bonds. The monoisotopic (exact) mass is 277 g/mol.